The molecule has 0 radical (unpaired) electrons. The van der Waals surface area contributed by atoms with Gasteiger partial charge in [0.2, 0.25) is 11.6 Å². The zero-order chi connectivity index (χ0) is 13.5. The minimum absolute atomic E-state index is 0.339. The highest BCUT2D eigenvalue weighted by molar-refractivity contribution is 5.45. The first kappa shape index (κ1) is 13.1. The monoisotopic (exact) mass is 259 g/mol. The SMILES string of the molecule is CCCc1nc(C#N)c(NCCCn2ccnc2)o1. The fraction of sp³-hybridized carbons (Fsp3) is 0.462. The first-order valence-corrected chi connectivity index (χ1v) is 6.43. The van der Waals surface area contributed by atoms with Crippen LogP contribution < -0.4 is 5.32 Å². The summed E-state index contributed by atoms with van der Waals surface area (Å²) < 4.78 is 7.53. The highest BCUT2D eigenvalue weighted by Gasteiger charge is 2.11. The molecule has 0 unspecified atom stereocenters. The van der Waals surface area contributed by atoms with Crippen LogP contribution in [0.4, 0.5) is 5.88 Å². The van der Waals surface area contributed by atoms with E-state index in [2.05, 4.69) is 22.2 Å². The number of nitrogens with zero attached hydrogens (tertiary/aromatic N) is 4. The summed E-state index contributed by atoms with van der Waals surface area (Å²) in [6.45, 7) is 3.66. The molecule has 2 rings (SSSR count). The molecule has 0 aliphatic carbocycles. The normalized spacial score (nSPS) is 10.3. The maximum absolute atomic E-state index is 8.98. The molecular formula is C13H17N5O. The van der Waals surface area contributed by atoms with Crippen LogP contribution in [0.1, 0.15) is 31.4 Å². The van der Waals surface area contributed by atoms with Crippen LogP contribution in [-0.2, 0) is 13.0 Å². The number of imidazole rings is 1. The summed E-state index contributed by atoms with van der Waals surface area (Å²) in [5.74, 6) is 1.10. The molecule has 0 bridgehead atoms. The highest BCUT2D eigenvalue weighted by Crippen LogP contribution is 2.17. The summed E-state index contributed by atoms with van der Waals surface area (Å²) in [5, 5.41) is 12.1. The van der Waals surface area contributed by atoms with Gasteiger partial charge in [-0.15, -0.1) is 0 Å². The van der Waals surface area contributed by atoms with Crippen molar-refractivity contribution in [3.63, 3.8) is 0 Å². The molecule has 0 aliphatic rings. The van der Waals surface area contributed by atoms with Crippen molar-refractivity contribution in [2.24, 2.45) is 0 Å². The zero-order valence-electron chi connectivity index (χ0n) is 11.0. The summed E-state index contributed by atoms with van der Waals surface area (Å²) in [7, 11) is 0. The zero-order valence-corrected chi connectivity index (χ0v) is 11.0. The van der Waals surface area contributed by atoms with E-state index in [-0.39, 0.29) is 0 Å². The Labute approximate surface area is 112 Å². The highest BCUT2D eigenvalue weighted by atomic mass is 16.4. The Bertz CT molecular complexity index is 538. The second-order valence-corrected chi connectivity index (χ2v) is 4.23. The summed E-state index contributed by atoms with van der Waals surface area (Å²) >= 11 is 0. The van der Waals surface area contributed by atoms with Crippen LogP contribution in [0.5, 0.6) is 0 Å². The lowest BCUT2D eigenvalue weighted by molar-refractivity contribution is 0.500. The summed E-state index contributed by atoms with van der Waals surface area (Å²) in [6, 6.07) is 2.05. The van der Waals surface area contributed by atoms with Crippen molar-refractivity contribution in [2.75, 3.05) is 11.9 Å². The van der Waals surface area contributed by atoms with Gasteiger partial charge in [0.25, 0.3) is 0 Å². The molecule has 2 heterocycles. The Morgan fingerprint density at radius 2 is 2.42 bits per heavy atom. The van der Waals surface area contributed by atoms with Gasteiger partial charge in [-0.3, -0.25) is 0 Å². The molecule has 2 aromatic heterocycles. The number of aryl methyl sites for hydroxylation is 2. The Balaban J connectivity index is 1.83. The van der Waals surface area contributed by atoms with E-state index < -0.39 is 0 Å². The van der Waals surface area contributed by atoms with Gasteiger partial charge in [-0.2, -0.15) is 5.26 Å². The van der Waals surface area contributed by atoms with Crippen molar-refractivity contribution in [1.82, 2.24) is 14.5 Å². The average molecular weight is 259 g/mol. The summed E-state index contributed by atoms with van der Waals surface area (Å²) in [4.78, 5) is 8.12. The van der Waals surface area contributed by atoms with Crippen LogP contribution in [0, 0.1) is 11.3 Å². The molecule has 6 nitrogen and oxygen atoms in total. The molecule has 0 fully saturated rings. The van der Waals surface area contributed by atoms with Gasteiger partial charge in [-0.25, -0.2) is 9.97 Å². The van der Waals surface area contributed by atoms with Crippen molar-refractivity contribution in [3.05, 3.63) is 30.3 Å². The molecule has 6 heteroatoms. The van der Waals surface area contributed by atoms with Crippen molar-refractivity contribution >= 4 is 5.88 Å². The minimum atomic E-state index is 0.339. The molecule has 0 aliphatic heterocycles. The summed E-state index contributed by atoms with van der Waals surface area (Å²) in [6.07, 6.45) is 8.10. The third-order valence-corrected chi connectivity index (χ3v) is 2.68. The number of aromatic nitrogens is 3. The second-order valence-electron chi connectivity index (χ2n) is 4.23. The van der Waals surface area contributed by atoms with Crippen molar-refractivity contribution in [2.45, 2.75) is 32.7 Å². The van der Waals surface area contributed by atoms with Gasteiger partial charge < -0.3 is 14.3 Å². The lowest BCUT2D eigenvalue weighted by atomic mass is 10.3. The van der Waals surface area contributed by atoms with Crippen molar-refractivity contribution < 1.29 is 4.42 Å². The topological polar surface area (TPSA) is 79.7 Å². The van der Waals surface area contributed by atoms with Crippen LogP contribution in [0.2, 0.25) is 0 Å². The number of anilines is 1. The Morgan fingerprint density at radius 3 is 3.11 bits per heavy atom. The first-order valence-electron chi connectivity index (χ1n) is 6.43. The lowest BCUT2D eigenvalue weighted by Crippen LogP contribution is -2.06. The summed E-state index contributed by atoms with van der Waals surface area (Å²) in [5.41, 5.74) is 0.339. The van der Waals surface area contributed by atoms with Gasteiger partial charge in [0.05, 0.1) is 6.33 Å². The maximum atomic E-state index is 8.98. The largest absolute Gasteiger partial charge is 0.424 e. The van der Waals surface area contributed by atoms with Crippen LogP contribution in [-0.4, -0.2) is 21.1 Å². The number of nitriles is 1. The quantitative estimate of drug-likeness (QED) is 0.771. The molecule has 100 valence electrons. The Morgan fingerprint density at radius 1 is 1.53 bits per heavy atom. The molecule has 1 N–H and O–H groups in total. The van der Waals surface area contributed by atoms with E-state index >= 15 is 0 Å². The van der Waals surface area contributed by atoms with E-state index in [1.807, 2.05) is 16.8 Å². The number of nitrogens with one attached hydrogen (secondary N) is 1. The molecule has 0 spiro atoms. The van der Waals surface area contributed by atoms with Crippen LogP contribution in [0.15, 0.2) is 23.1 Å². The van der Waals surface area contributed by atoms with Gasteiger partial charge in [-0.1, -0.05) is 6.92 Å². The fourth-order valence-corrected chi connectivity index (χ4v) is 1.76. The van der Waals surface area contributed by atoms with E-state index in [0.29, 0.717) is 17.5 Å². The molecule has 0 amide bonds. The van der Waals surface area contributed by atoms with Crippen LogP contribution in [0.25, 0.3) is 0 Å². The fourth-order valence-electron chi connectivity index (χ4n) is 1.76. The van der Waals surface area contributed by atoms with Crippen LogP contribution in [0.3, 0.4) is 0 Å². The number of oxazole rings is 1. The van der Waals surface area contributed by atoms with Gasteiger partial charge >= 0.3 is 0 Å². The lowest BCUT2D eigenvalue weighted by Gasteiger charge is -2.03. The van der Waals surface area contributed by atoms with Gasteiger partial charge in [0.15, 0.2) is 5.89 Å². The van der Waals surface area contributed by atoms with Crippen molar-refractivity contribution in [1.29, 1.82) is 5.26 Å². The van der Waals surface area contributed by atoms with E-state index in [1.165, 1.54) is 0 Å². The maximum Gasteiger partial charge on any atom is 0.232 e. The Kier molecular flexibility index (Phi) is 4.56. The smallest absolute Gasteiger partial charge is 0.232 e. The van der Waals surface area contributed by atoms with E-state index in [0.717, 1.165) is 32.4 Å². The molecule has 0 atom stereocenters. The van der Waals surface area contributed by atoms with E-state index in [9.17, 15) is 0 Å². The molecular weight excluding hydrogens is 242 g/mol. The molecule has 19 heavy (non-hydrogen) atoms. The van der Waals surface area contributed by atoms with Gasteiger partial charge in [0, 0.05) is 31.9 Å². The van der Waals surface area contributed by atoms with E-state index in [1.54, 1.807) is 12.5 Å². The predicted octanol–water partition coefficient (Wildman–Crippen LogP) is 2.20. The Hall–Kier alpha value is -2.29. The molecule has 0 saturated carbocycles. The molecule has 2 aromatic rings. The van der Waals surface area contributed by atoms with E-state index in [4.69, 9.17) is 9.68 Å². The third kappa shape index (κ3) is 3.58. The average Bonchev–Trinajstić information content (AvgIpc) is 3.04. The third-order valence-electron chi connectivity index (χ3n) is 2.68. The minimum Gasteiger partial charge on any atom is -0.424 e. The molecule has 0 saturated heterocycles. The van der Waals surface area contributed by atoms with Crippen LogP contribution >= 0.6 is 0 Å². The van der Waals surface area contributed by atoms with Gasteiger partial charge in [-0.05, 0) is 12.8 Å². The first-order chi connectivity index (χ1) is 9.33. The standard InChI is InChI=1S/C13H17N5O/c1-2-4-12-17-11(9-14)13(19-12)16-5-3-7-18-8-6-15-10-18/h6,8,10,16H,2-5,7H2,1H3. The second kappa shape index (κ2) is 6.59. The van der Waals surface area contributed by atoms with Gasteiger partial charge in [0.1, 0.15) is 6.07 Å². The number of rotatable bonds is 7. The number of hydrogen-bond donors (Lipinski definition) is 1. The predicted molar refractivity (Wildman–Crippen MR) is 70.5 cm³/mol. The number of hydrogen-bond acceptors (Lipinski definition) is 5. The van der Waals surface area contributed by atoms with Crippen molar-refractivity contribution in [3.8, 4) is 6.07 Å². The molecule has 0 aromatic carbocycles.